The summed E-state index contributed by atoms with van der Waals surface area (Å²) in [6.45, 7) is 4.96. The molecular formula is C16H22ClN3O2S. The Morgan fingerprint density at radius 3 is 2.96 bits per heavy atom. The second kappa shape index (κ2) is 8.04. The zero-order valence-corrected chi connectivity index (χ0v) is 14.8. The number of nitrogens with zero attached hydrogens (tertiary/aromatic N) is 2. The molecule has 2 amide bonds. The summed E-state index contributed by atoms with van der Waals surface area (Å²) >= 11 is 1.57. The standard InChI is InChI=1S/C16H21N3O2S.ClH/c1-12-10-17-7-9-18(12)15(20)6-8-19-13-4-2-3-5-14(13)22-11-16(19)21;/h2-5,12,17H,6-11H2,1H3;1H/t12-;/m0./s1. The molecule has 1 aromatic rings. The number of carbonyl (C=O) groups excluding carboxylic acids is 2. The highest BCUT2D eigenvalue weighted by Gasteiger charge is 2.27. The molecule has 0 radical (unpaired) electrons. The van der Waals surface area contributed by atoms with Gasteiger partial charge in [-0.05, 0) is 19.1 Å². The van der Waals surface area contributed by atoms with Gasteiger partial charge < -0.3 is 15.1 Å². The van der Waals surface area contributed by atoms with Crippen LogP contribution in [-0.2, 0) is 9.59 Å². The van der Waals surface area contributed by atoms with E-state index in [0.29, 0.717) is 18.7 Å². The number of amides is 2. The van der Waals surface area contributed by atoms with E-state index in [1.165, 1.54) is 0 Å². The summed E-state index contributed by atoms with van der Waals surface area (Å²) in [6, 6.07) is 8.12. The number of hydrogen-bond donors (Lipinski definition) is 1. The van der Waals surface area contributed by atoms with Gasteiger partial charge in [0.2, 0.25) is 11.8 Å². The predicted octanol–water partition coefficient (Wildman–Crippen LogP) is 1.76. The van der Waals surface area contributed by atoms with Crippen LogP contribution in [0.1, 0.15) is 13.3 Å². The van der Waals surface area contributed by atoms with Crippen molar-refractivity contribution in [2.45, 2.75) is 24.3 Å². The summed E-state index contributed by atoms with van der Waals surface area (Å²) in [5, 5.41) is 3.28. The minimum Gasteiger partial charge on any atom is -0.337 e. The number of anilines is 1. The van der Waals surface area contributed by atoms with Crippen molar-refractivity contribution in [3.8, 4) is 0 Å². The summed E-state index contributed by atoms with van der Waals surface area (Å²) in [7, 11) is 0. The van der Waals surface area contributed by atoms with Crippen molar-refractivity contribution >= 4 is 41.7 Å². The number of carbonyl (C=O) groups is 2. The fraction of sp³-hybridized carbons (Fsp3) is 0.500. The summed E-state index contributed by atoms with van der Waals surface area (Å²) in [6.07, 6.45) is 0.384. The third kappa shape index (κ3) is 4.00. The third-order valence-corrected chi connectivity index (χ3v) is 5.23. The molecule has 1 aromatic carbocycles. The topological polar surface area (TPSA) is 52.7 Å². The van der Waals surface area contributed by atoms with E-state index in [4.69, 9.17) is 0 Å². The molecule has 0 aromatic heterocycles. The first-order valence-electron chi connectivity index (χ1n) is 7.69. The van der Waals surface area contributed by atoms with Crippen LogP contribution in [0, 0.1) is 0 Å². The van der Waals surface area contributed by atoms with Crippen molar-refractivity contribution in [1.82, 2.24) is 10.2 Å². The van der Waals surface area contributed by atoms with Gasteiger partial charge in [0, 0.05) is 43.5 Å². The van der Waals surface area contributed by atoms with Gasteiger partial charge in [-0.1, -0.05) is 12.1 Å². The molecule has 0 bridgehead atoms. The SMILES string of the molecule is C[C@H]1CNCCN1C(=O)CCN1C(=O)CSc2ccccc21.Cl. The number of para-hydroxylation sites is 1. The maximum absolute atomic E-state index is 12.4. The monoisotopic (exact) mass is 355 g/mol. The Hall–Kier alpha value is -1.24. The molecule has 7 heteroatoms. The lowest BCUT2D eigenvalue weighted by molar-refractivity contribution is -0.133. The molecule has 1 atom stereocenters. The van der Waals surface area contributed by atoms with E-state index in [0.717, 1.165) is 30.2 Å². The Morgan fingerprint density at radius 1 is 1.39 bits per heavy atom. The quantitative estimate of drug-likeness (QED) is 0.897. The first kappa shape index (κ1) is 18.1. The van der Waals surface area contributed by atoms with Gasteiger partial charge in [0.15, 0.2) is 0 Å². The second-order valence-corrected chi connectivity index (χ2v) is 6.71. The smallest absolute Gasteiger partial charge is 0.237 e. The number of halogens is 1. The fourth-order valence-electron chi connectivity index (χ4n) is 2.96. The van der Waals surface area contributed by atoms with Crippen molar-refractivity contribution in [2.75, 3.05) is 36.8 Å². The first-order valence-corrected chi connectivity index (χ1v) is 8.68. The van der Waals surface area contributed by atoms with Crippen molar-refractivity contribution < 1.29 is 9.59 Å². The van der Waals surface area contributed by atoms with Crippen LogP contribution < -0.4 is 10.2 Å². The molecule has 1 saturated heterocycles. The second-order valence-electron chi connectivity index (χ2n) is 5.69. The number of fused-ring (bicyclic) bond motifs is 1. The van der Waals surface area contributed by atoms with Gasteiger partial charge in [-0.3, -0.25) is 9.59 Å². The van der Waals surface area contributed by atoms with E-state index in [-0.39, 0.29) is 30.3 Å². The fourth-order valence-corrected chi connectivity index (χ4v) is 3.90. The molecule has 126 valence electrons. The Balaban J connectivity index is 0.00000192. The van der Waals surface area contributed by atoms with Gasteiger partial charge in [-0.15, -0.1) is 24.2 Å². The number of nitrogens with one attached hydrogen (secondary N) is 1. The van der Waals surface area contributed by atoms with Crippen LogP contribution >= 0.6 is 24.2 Å². The Morgan fingerprint density at radius 2 is 2.17 bits per heavy atom. The Bertz CT molecular complexity index is 584. The summed E-state index contributed by atoms with van der Waals surface area (Å²) < 4.78 is 0. The highest BCUT2D eigenvalue weighted by Crippen LogP contribution is 2.34. The zero-order valence-electron chi connectivity index (χ0n) is 13.2. The number of thioether (sulfide) groups is 1. The van der Waals surface area contributed by atoms with E-state index in [9.17, 15) is 9.59 Å². The lowest BCUT2D eigenvalue weighted by Crippen LogP contribution is -2.52. The minimum absolute atomic E-state index is 0. The summed E-state index contributed by atoms with van der Waals surface area (Å²) in [5.41, 5.74) is 0.935. The maximum Gasteiger partial charge on any atom is 0.237 e. The number of rotatable bonds is 3. The van der Waals surface area contributed by atoms with Crippen LogP contribution in [0.3, 0.4) is 0 Å². The maximum atomic E-state index is 12.4. The normalized spacial score (nSPS) is 20.7. The average molecular weight is 356 g/mol. The van der Waals surface area contributed by atoms with Gasteiger partial charge in [-0.2, -0.15) is 0 Å². The zero-order chi connectivity index (χ0) is 15.5. The molecule has 1 fully saturated rings. The molecule has 2 aliphatic rings. The first-order chi connectivity index (χ1) is 10.7. The molecule has 0 spiro atoms. The lowest BCUT2D eigenvalue weighted by atomic mass is 10.2. The number of hydrogen-bond acceptors (Lipinski definition) is 4. The molecule has 0 saturated carbocycles. The molecule has 2 aliphatic heterocycles. The van der Waals surface area contributed by atoms with Crippen LogP contribution in [0.15, 0.2) is 29.2 Å². The van der Waals surface area contributed by atoms with E-state index in [1.807, 2.05) is 29.2 Å². The summed E-state index contributed by atoms with van der Waals surface area (Å²) in [4.78, 5) is 29.4. The van der Waals surface area contributed by atoms with Gasteiger partial charge in [0.25, 0.3) is 0 Å². The van der Waals surface area contributed by atoms with Gasteiger partial charge >= 0.3 is 0 Å². The Kier molecular flexibility index (Phi) is 6.33. The van der Waals surface area contributed by atoms with E-state index in [2.05, 4.69) is 12.2 Å². The van der Waals surface area contributed by atoms with Gasteiger partial charge in [0.1, 0.15) is 0 Å². The molecule has 1 N–H and O–H groups in total. The van der Waals surface area contributed by atoms with Crippen LogP contribution in [0.4, 0.5) is 5.69 Å². The van der Waals surface area contributed by atoms with Crippen LogP contribution in [-0.4, -0.2) is 54.7 Å². The van der Waals surface area contributed by atoms with Gasteiger partial charge in [-0.25, -0.2) is 0 Å². The number of benzene rings is 1. The Labute approximate surface area is 147 Å². The molecule has 0 unspecified atom stereocenters. The van der Waals surface area contributed by atoms with Crippen molar-refractivity contribution in [2.24, 2.45) is 0 Å². The van der Waals surface area contributed by atoms with E-state index >= 15 is 0 Å². The molecule has 5 nitrogen and oxygen atoms in total. The van der Waals surface area contributed by atoms with Gasteiger partial charge in [0.05, 0.1) is 11.4 Å². The predicted molar refractivity (Wildman–Crippen MR) is 95.4 cm³/mol. The highest BCUT2D eigenvalue weighted by atomic mass is 35.5. The lowest BCUT2D eigenvalue weighted by Gasteiger charge is -2.35. The molecule has 3 rings (SSSR count). The average Bonchev–Trinajstić information content (AvgIpc) is 2.54. The molecular weight excluding hydrogens is 334 g/mol. The van der Waals surface area contributed by atoms with E-state index in [1.54, 1.807) is 16.7 Å². The minimum atomic E-state index is 0. The largest absolute Gasteiger partial charge is 0.337 e. The van der Waals surface area contributed by atoms with Crippen molar-refractivity contribution in [1.29, 1.82) is 0 Å². The van der Waals surface area contributed by atoms with Crippen molar-refractivity contribution in [3.05, 3.63) is 24.3 Å². The van der Waals surface area contributed by atoms with Crippen LogP contribution in [0.5, 0.6) is 0 Å². The summed E-state index contributed by atoms with van der Waals surface area (Å²) in [5.74, 6) is 0.678. The van der Waals surface area contributed by atoms with Crippen molar-refractivity contribution in [3.63, 3.8) is 0 Å². The van der Waals surface area contributed by atoms with Crippen LogP contribution in [0.2, 0.25) is 0 Å². The highest BCUT2D eigenvalue weighted by molar-refractivity contribution is 8.00. The van der Waals surface area contributed by atoms with E-state index < -0.39 is 0 Å². The third-order valence-electron chi connectivity index (χ3n) is 4.18. The molecule has 0 aliphatic carbocycles. The number of piperazine rings is 1. The van der Waals surface area contributed by atoms with Crippen LogP contribution in [0.25, 0.3) is 0 Å². The molecule has 23 heavy (non-hydrogen) atoms. The molecule has 2 heterocycles.